The Morgan fingerprint density at radius 1 is 1.04 bits per heavy atom. The highest BCUT2D eigenvalue weighted by Gasteiger charge is 2.17. The molecule has 7 heteroatoms. The minimum Gasteiger partial charge on any atom is -0.454 e. The highest BCUT2D eigenvalue weighted by atomic mass is 16.7. The molecule has 0 fully saturated rings. The Labute approximate surface area is 149 Å². The summed E-state index contributed by atoms with van der Waals surface area (Å²) >= 11 is 0. The van der Waals surface area contributed by atoms with Gasteiger partial charge in [0.1, 0.15) is 0 Å². The van der Waals surface area contributed by atoms with E-state index < -0.39 is 5.91 Å². The molecule has 7 nitrogen and oxygen atoms in total. The fraction of sp³-hybridized carbons (Fsp3) is 0.211. The average Bonchev–Trinajstić information content (AvgIpc) is 3.12. The summed E-state index contributed by atoms with van der Waals surface area (Å²) in [6.07, 6.45) is 2.55. The van der Waals surface area contributed by atoms with Gasteiger partial charge in [-0.25, -0.2) is 0 Å². The molecule has 0 radical (unpaired) electrons. The van der Waals surface area contributed by atoms with E-state index in [9.17, 15) is 4.79 Å². The highest BCUT2D eigenvalue weighted by Crippen LogP contribution is 2.36. The number of carbonyl (C=O) groups excluding carboxylic acids is 1. The molecule has 0 unspecified atom stereocenters. The molecule has 0 aliphatic carbocycles. The quantitative estimate of drug-likeness (QED) is 0.729. The fourth-order valence-electron chi connectivity index (χ4n) is 3.25. The van der Waals surface area contributed by atoms with Crippen LogP contribution in [0, 0.1) is 0 Å². The van der Waals surface area contributed by atoms with Crippen molar-refractivity contribution < 1.29 is 14.3 Å². The summed E-state index contributed by atoms with van der Waals surface area (Å²) in [5, 5.41) is 8.76. The smallest absolute Gasteiger partial charge is 0.271 e. The first-order chi connectivity index (χ1) is 12.6. The van der Waals surface area contributed by atoms with Gasteiger partial charge in [-0.3, -0.25) is 4.79 Å². The van der Waals surface area contributed by atoms with Gasteiger partial charge in [0.15, 0.2) is 17.2 Å². The molecule has 1 amide bonds. The van der Waals surface area contributed by atoms with Gasteiger partial charge in [0.05, 0.1) is 11.2 Å². The third kappa shape index (κ3) is 2.77. The van der Waals surface area contributed by atoms with Gasteiger partial charge < -0.3 is 20.9 Å². The van der Waals surface area contributed by atoms with E-state index in [-0.39, 0.29) is 18.2 Å². The number of fused-ring (bicyclic) bond motifs is 2. The first kappa shape index (κ1) is 16.1. The topological polar surface area (TPSA) is 113 Å². The second-order valence-electron chi connectivity index (χ2n) is 6.14. The van der Waals surface area contributed by atoms with E-state index in [0.717, 1.165) is 41.9 Å². The lowest BCUT2D eigenvalue weighted by Crippen LogP contribution is -2.17. The van der Waals surface area contributed by atoms with Crippen molar-refractivity contribution in [2.45, 2.75) is 19.3 Å². The third-order valence-corrected chi connectivity index (χ3v) is 4.52. The lowest BCUT2D eigenvalue weighted by atomic mass is 10.0. The van der Waals surface area contributed by atoms with Crippen molar-refractivity contribution in [1.82, 2.24) is 10.2 Å². The molecule has 2 heterocycles. The number of rotatable bonds is 5. The van der Waals surface area contributed by atoms with E-state index in [1.165, 1.54) is 0 Å². The minimum absolute atomic E-state index is 0.00615. The molecule has 3 aromatic rings. The maximum Gasteiger partial charge on any atom is 0.271 e. The van der Waals surface area contributed by atoms with Gasteiger partial charge >= 0.3 is 0 Å². The number of amides is 1. The third-order valence-electron chi connectivity index (χ3n) is 4.52. The van der Waals surface area contributed by atoms with Gasteiger partial charge in [-0.15, -0.1) is 10.2 Å². The number of hydrogen-bond acceptors (Lipinski definition) is 6. The van der Waals surface area contributed by atoms with Crippen molar-refractivity contribution in [2.24, 2.45) is 5.73 Å². The number of benzene rings is 2. The van der Waals surface area contributed by atoms with Crippen molar-refractivity contribution >= 4 is 22.5 Å². The zero-order valence-electron chi connectivity index (χ0n) is 14.1. The van der Waals surface area contributed by atoms with Gasteiger partial charge in [0.25, 0.3) is 5.91 Å². The zero-order chi connectivity index (χ0) is 18.1. The van der Waals surface area contributed by atoms with E-state index in [4.69, 9.17) is 20.9 Å². The SMILES string of the molecule is NC(=O)c1nnc2c(CCCc3cccc4c3OCO4)cccc2c1N. The maximum absolute atomic E-state index is 11.4. The largest absolute Gasteiger partial charge is 0.454 e. The van der Waals surface area contributed by atoms with Gasteiger partial charge in [0.2, 0.25) is 6.79 Å². The minimum atomic E-state index is -0.678. The van der Waals surface area contributed by atoms with E-state index in [2.05, 4.69) is 10.2 Å². The van der Waals surface area contributed by atoms with E-state index in [1.807, 2.05) is 36.4 Å². The van der Waals surface area contributed by atoms with Crippen LogP contribution >= 0.6 is 0 Å². The predicted octanol–water partition coefficient (Wildman–Crippen LogP) is 2.21. The lowest BCUT2D eigenvalue weighted by molar-refractivity contribution is 0.0995. The van der Waals surface area contributed by atoms with Crippen LogP contribution < -0.4 is 20.9 Å². The average molecular weight is 350 g/mol. The molecule has 1 aliphatic rings. The summed E-state index contributed by atoms with van der Waals surface area (Å²) in [7, 11) is 0. The van der Waals surface area contributed by atoms with Gasteiger partial charge in [-0.05, 0) is 36.5 Å². The number of para-hydroxylation sites is 1. The van der Waals surface area contributed by atoms with Crippen LogP contribution in [0.25, 0.3) is 10.9 Å². The molecule has 4 rings (SSSR count). The first-order valence-electron chi connectivity index (χ1n) is 8.36. The summed E-state index contributed by atoms with van der Waals surface area (Å²) in [6, 6.07) is 11.6. The molecular weight excluding hydrogens is 332 g/mol. The molecule has 0 atom stereocenters. The number of nitrogens with two attached hydrogens (primary N) is 2. The molecule has 132 valence electrons. The number of carbonyl (C=O) groups is 1. The van der Waals surface area contributed by atoms with Crippen LogP contribution in [0.2, 0.25) is 0 Å². The maximum atomic E-state index is 11.4. The Morgan fingerprint density at radius 3 is 2.65 bits per heavy atom. The van der Waals surface area contributed by atoms with Crippen molar-refractivity contribution in [3.05, 3.63) is 53.2 Å². The predicted molar refractivity (Wildman–Crippen MR) is 97.1 cm³/mol. The van der Waals surface area contributed by atoms with Crippen LogP contribution in [0.4, 0.5) is 5.69 Å². The Kier molecular flexibility index (Phi) is 4.04. The molecular formula is C19H18N4O3. The number of aryl methyl sites for hydroxylation is 2. The van der Waals surface area contributed by atoms with Gasteiger partial charge in [0, 0.05) is 5.39 Å². The second kappa shape index (κ2) is 6.51. The van der Waals surface area contributed by atoms with Crippen molar-refractivity contribution in [1.29, 1.82) is 0 Å². The van der Waals surface area contributed by atoms with Crippen molar-refractivity contribution in [3.8, 4) is 11.5 Å². The van der Waals surface area contributed by atoms with Crippen molar-refractivity contribution in [2.75, 3.05) is 12.5 Å². The Hall–Kier alpha value is -3.35. The van der Waals surface area contributed by atoms with E-state index >= 15 is 0 Å². The summed E-state index contributed by atoms with van der Waals surface area (Å²) in [4.78, 5) is 11.4. The monoisotopic (exact) mass is 350 g/mol. The molecule has 4 N–H and O–H groups in total. The molecule has 26 heavy (non-hydrogen) atoms. The van der Waals surface area contributed by atoms with Crippen LogP contribution in [-0.2, 0) is 12.8 Å². The number of anilines is 1. The summed E-state index contributed by atoms with van der Waals surface area (Å²) < 4.78 is 11.0. The number of nitrogen functional groups attached to an aromatic ring is 1. The van der Waals surface area contributed by atoms with Crippen LogP contribution in [-0.4, -0.2) is 22.9 Å². The standard InChI is InChI=1S/C19H18N4O3/c20-15-13-8-2-5-11(16(13)22-23-17(15)19(21)24)4-1-6-12-7-3-9-14-18(12)26-10-25-14/h2-3,5,7-9H,1,4,6,10H2,(H2,20,22)(H2,21,24). The van der Waals surface area contributed by atoms with Crippen LogP contribution in [0.3, 0.4) is 0 Å². The Bertz CT molecular complexity index is 1000. The van der Waals surface area contributed by atoms with E-state index in [0.29, 0.717) is 10.9 Å². The lowest BCUT2D eigenvalue weighted by Gasteiger charge is -2.09. The van der Waals surface area contributed by atoms with Crippen LogP contribution in [0.15, 0.2) is 36.4 Å². The second-order valence-corrected chi connectivity index (χ2v) is 6.14. The molecule has 0 spiro atoms. The number of aromatic nitrogens is 2. The summed E-state index contributed by atoms with van der Waals surface area (Å²) in [5.41, 5.74) is 14.5. The van der Waals surface area contributed by atoms with E-state index in [1.54, 1.807) is 0 Å². The van der Waals surface area contributed by atoms with Crippen LogP contribution in [0.1, 0.15) is 28.0 Å². The number of ether oxygens (including phenoxy) is 2. The Morgan fingerprint density at radius 2 is 1.81 bits per heavy atom. The Balaban J connectivity index is 1.56. The zero-order valence-corrected chi connectivity index (χ0v) is 14.1. The molecule has 0 bridgehead atoms. The number of nitrogens with zero attached hydrogens (tertiary/aromatic N) is 2. The van der Waals surface area contributed by atoms with Crippen molar-refractivity contribution in [3.63, 3.8) is 0 Å². The first-order valence-corrected chi connectivity index (χ1v) is 8.36. The highest BCUT2D eigenvalue weighted by molar-refractivity contribution is 6.04. The van der Waals surface area contributed by atoms with Gasteiger partial charge in [-0.1, -0.05) is 30.3 Å². The fourth-order valence-corrected chi connectivity index (χ4v) is 3.25. The van der Waals surface area contributed by atoms with Crippen LogP contribution in [0.5, 0.6) is 11.5 Å². The molecule has 1 aliphatic heterocycles. The summed E-state index contributed by atoms with van der Waals surface area (Å²) in [5.74, 6) is 0.952. The number of primary amides is 1. The molecule has 2 aromatic carbocycles. The normalized spacial score (nSPS) is 12.5. The summed E-state index contributed by atoms with van der Waals surface area (Å²) in [6.45, 7) is 0.271. The van der Waals surface area contributed by atoms with Gasteiger partial charge in [-0.2, -0.15) is 0 Å². The molecule has 0 saturated carbocycles. The number of hydrogen-bond donors (Lipinski definition) is 2. The molecule has 0 saturated heterocycles. The molecule has 1 aromatic heterocycles.